The highest BCUT2D eigenvalue weighted by Crippen LogP contribution is 2.36. The van der Waals surface area contributed by atoms with Crippen LogP contribution in [0.1, 0.15) is 27.7 Å². The summed E-state index contributed by atoms with van der Waals surface area (Å²) in [6, 6.07) is 20.9. The summed E-state index contributed by atoms with van der Waals surface area (Å²) >= 11 is 0. The van der Waals surface area contributed by atoms with Crippen molar-refractivity contribution in [1.82, 2.24) is 0 Å². The minimum Gasteiger partial charge on any atom is -0.406 e. The standard InChI is InChI=1S/C23H30O4SSi/c1-20(13-12-18-26-28(5,24)25)19-27-29(23(2,3)4,21-14-8-6-9-15-21)22-16-10-7-11-17-22/h6-11,14-17,20H,18-19H2,1-5H3/t20-/m0/s1. The summed E-state index contributed by atoms with van der Waals surface area (Å²) in [6.45, 7) is 8.99. The third-order valence-corrected chi connectivity index (χ3v) is 10.2. The van der Waals surface area contributed by atoms with E-state index in [1.54, 1.807) is 0 Å². The van der Waals surface area contributed by atoms with Gasteiger partial charge in [-0.25, -0.2) is 0 Å². The highest BCUT2D eigenvalue weighted by molar-refractivity contribution is 7.86. The zero-order chi connectivity index (χ0) is 21.5. The maximum atomic E-state index is 11.0. The van der Waals surface area contributed by atoms with E-state index in [-0.39, 0.29) is 17.6 Å². The van der Waals surface area contributed by atoms with Crippen LogP contribution in [0.15, 0.2) is 60.7 Å². The average Bonchev–Trinajstić information content (AvgIpc) is 2.66. The molecule has 0 fully saturated rings. The van der Waals surface area contributed by atoms with Crippen molar-refractivity contribution in [3.63, 3.8) is 0 Å². The smallest absolute Gasteiger partial charge is 0.265 e. The van der Waals surface area contributed by atoms with Gasteiger partial charge in [0.15, 0.2) is 0 Å². The molecule has 0 spiro atoms. The Labute approximate surface area is 176 Å². The maximum Gasteiger partial charge on any atom is 0.265 e. The van der Waals surface area contributed by atoms with Gasteiger partial charge in [-0.3, -0.25) is 4.18 Å². The third-order valence-electron chi connectivity index (χ3n) is 4.66. The molecular formula is C23H30O4SSi. The maximum absolute atomic E-state index is 11.0. The van der Waals surface area contributed by atoms with Gasteiger partial charge in [0.2, 0.25) is 0 Å². The van der Waals surface area contributed by atoms with E-state index in [4.69, 9.17) is 4.43 Å². The first-order chi connectivity index (χ1) is 13.6. The molecule has 0 saturated carbocycles. The first-order valence-electron chi connectivity index (χ1n) is 9.64. The quantitative estimate of drug-likeness (QED) is 0.385. The lowest BCUT2D eigenvalue weighted by molar-refractivity contribution is 0.271. The fraction of sp³-hybridized carbons (Fsp3) is 0.391. The topological polar surface area (TPSA) is 52.6 Å². The molecule has 0 unspecified atom stereocenters. The average molecular weight is 431 g/mol. The van der Waals surface area contributed by atoms with Gasteiger partial charge < -0.3 is 4.43 Å². The minimum absolute atomic E-state index is 0.0557. The van der Waals surface area contributed by atoms with Crippen molar-refractivity contribution in [3.8, 4) is 11.8 Å². The van der Waals surface area contributed by atoms with Gasteiger partial charge in [-0.2, -0.15) is 8.42 Å². The van der Waals surface area contributed by atoms with Crippen molar-refractivity contribution >= 4 is 28.8 Å². The summed E-state index contributed by atoms with van der Waals surface area (Å²) in [4.78, 5) is 0. The lowest BCUT2D eigenvalue weighted by Gasteiger charge is -2.43. The molecule has 2 rings (SSSR count). The van der Waals surface area contributed by atoms with E-state index in [9.17, 15) is 8.42 Å². The molecule has 29 heavy (non-hydrogen) atoms. The number of benzene rings is 2. The van der Waals surface area contributed by atoms with E-state index in [1.807, 2.05) is 19.1 Å². The van der Waals surface area contributed by atoms with Gasteiger partial charge >= 0.3 is 0 Å². The second kappa shape index (κ2) is 9.73. The molecule has 0 radical (unpaired) electrons. The summed E-state index contributed by atoms with van der Waals surface area (Å²) in [5, 5.41) is 2.35. The summed E-state index contributed by atoms with van der Waals surface area (Å²) in [6.07, 6.45) is 1.02. The highest BCUT2D eigenvalue weighted by atomic mass is 32.2. The summed E-state index contributed by atoms with van der Waals surface area (Å²) in [7, 11) is -6.06. The Balaban J connectivity index is 2.33. The molecule has 0 saturated heterocycles. The van der Waals surface area contributed by atoms with Crippen LogP contribution < -0.4 is 10.4 Å². The number of hydrogen-bond acceptors (Lipinski definition) is 4. The molecule has 0 N–H and O–H groups in total. The number of hydrogen-bond donors (Lipinski definition) is 0. The molecule has 0 heterocycles. The lowest BCUT2D eigenvalue weighted by Crippen LogP contribution is -2.66. The van der Waals surface area contributed by atoms with Crippen molar-refractivity contribution < 1.29 is 17.0 Å². The molecule has 2 aromatic carbocycles. The van der Waals surface area contributed by atoms with Crippen molar-refractivity contribution in [3.05, 3.63) is 60.7 Å². The normalized spacial score (nSPS) is 13.4. The monoisotopic (exact) mass is 430 g/mol. The largest absolute Gasteiger partial charge is 0.406 e. The SMILES string of the molecule is C[C@@H](C#CCOS(C)(=O)=O)CO[Si](c1ccccc1)(c1ccccc1)C(C)(C)C. The second-order valence-electron chi connectivity index (χ2n) is 8.16. The van der Waals surface area contributed by atoms with E-state index >= 15 is 0 Å². The van der Waals surface area contributed by atoms with Crippen molar-refractivity contribution in [2.24, 2.45) is 5.92 Å². The fourth-order valence-corrected chi connectivity index (χ4v) is 8.33. The van der Waals surface area contributed by atoms with Crippen LogP contribution in [-0.4, -0.2) is 36.2 Å². The molecule has 6 heteroatoms. The first-order valence-corrected chi connectivity index (χ1v) is 13.4. The zero-order valence-electron chi connectivity index (χ0n) is 17.8. The predicted molar refractivity (Wildman–Crippen MR) is 121 cm³/mol. The lowest BCUT2D eigenvalue weighted by atomic mass is 10.2. The molecule has 0 amide bonds. The molecule has 0 aliphatic heterocycles. The van der Waals surface area contributed by atoms with Crippen molar-refractivity contribution in [2.45, 2.75) is 32.7 Å². The van der Waals surface area contributed by atoms with Crippen LogP contribution >= 0.6 is 0 Å². The molecular weight excluding hydrogens is 400 g/mol. The van der Waals surface area contributed by atoms with E-state index in [2.05, 4.69) is 85.3 Å². The minimum atomic E-state index is -3.48. The van der Waals surface area contributed by atoms with Gasteiger partial charge in [0.25, 0.3) is 18.4 Å². The molecule has 0 aliphatic rings. The van der Waals surface area contributed by atoms with Gasteiger partial charge in [-0.15, -0.1) is 0 Å². The van der Waals surface area contributed by atoms with E-state index in [1.165, 1.54) is 10.4 Å². The molecule has 1 atom stereocenters. The van der Waals surface area contributed by atoms with Crippen molar-refractivity contribution in [2.75, 3.05) is 19.5 Å². The Morgan fingerprint density at radius 2 is 1.45 bits per heavy atom. The Morgan fingerprint density at radius 1 is 0.966 bits per heavy atom. The van der Waals surface area contributed by atoms with Crippen LogP contribution in [0.25, 0.3) is 0 Å². The van der Waals surface area contributed by atoms with E-state index in [0.29, 0.717) is 6.61 Å². The second-order valence-corrected chi connectivity index (χ2v) is 14.1. The van der Waals surface area contributed by atoms with Gasteiger partial charge in [0.05, 0.1) is 6.26 Å². The molecule has 0 aromatic heterocycles. The first kappa shape index (κ1) is 23.4. The molecule has 156 valence electrons. The Hall–Kier alpha value is -1.91. The van der Waals surface area contributed by atoms with E-state index in [0.717, 1.165) is 6.26 Å². The Kier molecular flexibility index (Phi) is 7.84. The number of rotatable bonds is 7. The van der Waals surface area contributed by atoms with E-state index < -0.39 is 18.4 Å². The third kappa shape index (κ3) is 6.28. The molecule has 4 nitrogen and oxygen atoms in total. The highest BCUT2D eigenvalue weighted by Gasteiger charge is 2.50. The van der Waals surface area contributed by atoms with Crippen LogP contribution in [0, 0.1) is 17.8 Å². The molecule has 2 aromatic rings. The van der Waals surface area contributed by atoms with Crippen molar-refractivity contribution in [1.29, 1.82) is 0 Å². The zero-order valence-corrected chi connectivity index (χ0v) is 19.6. The van der Waals surface area contributed by atoms with Gasteiger partial charge in [-0.1, -0.05) is 93.3 Å². The fourth-order valence-electron chi connectivity index (χ4n) is 3.41. The van der Waals surface area contributed by atoms with Crippen LogP contribution in [0.3, 0.4) is 0 Å². The van der Waals surface area contributed by atoms with Gasteiger partial charge in [-0.05, 0) is 22.3 Å². The Bertz CT molecular complexity index is 900. The molecule has 0 aliphatic carbocycles. The van der Waals surface area contributed by atoms with Crippen LogP contribution in [0.4, 0.5) is 0 Å². The van der Waals surface area contributed by atoms with Crippen LogP contribution in [0.2, 0.25) is 5.04 Å². The summed E-state index contributed by atoms with van der Waals surface area (Å²) in [5.74, 6) is 5.76. The van der Waals surface area contributed by atoms with Gasteiger partial charge in [0, 0.05) is 12.5 Å². The van der Waals surface area contributed by atoms with Gasteiger partial charge in [0.1, 0.15) is 6.61 Å². The van der Waals surface area contributed by atoms with Crippen LogP contribution in [-0.2, 0) is 18.7 Å². The van der Waals surface area contributed by atoms with Crippen LogP contribution in [0.5, 0.6) is 0 Å². The Morgan fingerprint density at radius 3 is 1.86 bits per heavy atom. The predicted octanol–water partition coefficient (Wildman–Crippen LogP) is 3.18. The summed E-state index contributed by atoms with van der Waals surface area (Å²) in [5.41, 5.74) is 0. The molecule has 0 bridgehead atoms. The summed E-state index contributed by atoms with van der Waals surface area (Å²) < 4.78 is 33.6.